The fourth-order valence-electron chi connectivity index (χ4n) is 2.57. The van der Waals surface area contributed by atoms with Crippen LogP contribution >= 0.6 is 11.8 Å². The van der Waals surface area contributed by atoms with Gasteiger partial charge < -0.3 is 4.74 Å². The van der Waals surface area contributed by atoms with E-state index >= 15 is 0 Å². The Morgan fingerprint density at radius 2 is 1.38 bits per heavy atom. The third-order valence-electron chi connectivity index (χ3n) is 3.80. The molecular weight excluding hydrogens is 312 g/mol. The van der Waals surface area contributed by atoms with E-state index in [1.807, 2.05) is 23.9 Å². The number of benzene rings is 3. The smallest absolute Gasteiger partial charge is 0.119 e. The summed E-state index contributed by atoms with van der Waals surface area (Å²) in [6.07, 6.45) is 0. The Kier molecular flexibility index (Phi) is 5.60. The van der Waals surface area contributed by atoms with E-state index in [1.165, 1.54) is 27.1 Å². The Balaban J connectivity index is 1.53. The quantitative estimate of drug-likeness (QED) is 0.498. The molecule has 0 unspecified atom stereocenters. The van der Waals surface area contributed by atoms with Crippen LogP contribution in [0.15, 0.2) is 77.7 Å². The topological polar surface area (TPSA) is 9.23 Å². The van der Waals surface area contributed by atoms with Crippen molar-refractivity contribution in [1.82, 2.24) is 0 Å². The summed E-state index contributed by atoms with van der Waals surface area (Å²) in [4.78, 5) is 1.26. The van der Waals surface area contributed by atoms with Gasteiger partial charge in [-0.3, -0.25) is 0 Å². The van der Waals surface area contributed by atoms with Gasteiger partial charge in [0.2, 0.25) is 0 Å². The van der Waals surface area contributed by atoms with Gasteiger partial charge in [-0.15, -0.1) is 11.8 Å². The van der Waals surface area contributed by atoms with Crippen LogP contribution in [0.3, 0.4) is 0 Å². The zero-order valence-corrected chi connectivity index (χ0v) is 15.0. The molecule has 0 aliphatic rings. The van der Waals surface area contributed by atoms with Crippen molar-refractivity contribution in [3.63, 3.8) is 0 Å². The first-order valence-electron chi connectivity index (χ1n) is 8.16. The first-order chi connectivity index (χ1) is 11.7. The number of ether oxygens (including phenoxy) is 1. The summed E-state index contributed by atoms with van der Waals surface area (Å²) in [5.41, 5.74) is 5.14. The highest BCUT2D eigenvalue weighted by Crippen LogP contribution is 2.25. The molecule has 122 valence electrons. The minimum Gasteiger partial charge on any atom is -0.489 e. The standard InChI is InChI=1S/C22H22OS/c1-17-5-3-7-19(13-17)15-23-21-9-11-22(12-10-21)24-16-20-8-4-6-18(2)14-20/h3-14H,15-16H2,1-2H3. The molecular formula is C22H22OS. The van der Waals surface area contributed by atoms with Crippen molar-refractivity contribution in [2.45, 2.75) is 31.1 Å². The predicted molar refractivity (Wildman–Crippen MR) is 103 cm³/mol. The monoisotopic (exact) mass is 334 g/mol. The van der Waals surface area contributed by atoms with Crippen LogP contribution in [0.5, 0.6) is 5.75 Å². The second-order valence-electron chi connectivity index (χ2n) is 6.03. The summed E-state index contributed by atoms with van der Waals surface area (Å²) in [5.74, 6) is 1.90. The highest BCUT2D eigenvalue weighted by molar-refractivity contribution is 7.98. The van der Waals surface area contributed by atoms with Gasteiger partial charge in [0, 0.05) is 10.6 Å². The number of rotatable bonds is 6. The lowest BCUT2D eigenvalue weighted by Gasteiger charge is -2.08. The molecule has 3 rings (SSSR count). The van der Waals surface area contributed by atoms with E-state index < -0.39 is 0 Å². The van der Waals surface area contributed by atoms with Crippen LogP contribution in [0.2, 0.25) is 0 Å². The Hall–Kier alpha value is -2.19. The molecule has 1 nitrogen and oxygen atoms in total. The molecule has 0 heterocycles. The van der Waals surface area contributed by atoms with Gasteiger partial charge >= 0.3 is 0 Å². The van der Waals surface area contributed by atoms with Gasteiger partial charge in [0.15, 0.2) is 0 Å². The van der Waals surface area contributed by atoms with E-state index in [4.69, 9.17) is 4.74 Å². The average molecular weight is 334 g/mol. The van der Waals surface area contributed by atoms with Crippen LogP contribution in [-0.4, -0.2) is 0 Å². The molecule has 0 radical (unpaired) electrons. The second kappa shape index (κ2) is 8.07. The third-order valence-corrected chi connectivity index (χ3v) is 4.88. The van der Waals surface area contributed by atoms with Crippen molar-refractivity contribution in [1.29, 1.82) is 0 Å². The molecule has 24 heavy (non-hydrogen) atoms. The van der Waals surface area contributed by atoms with Crippen molar-refractivity contribution >= 4 is 11.8 Å². The molecule has 0 spiro atoms. The molecule has 3 aromatic carbocycles. The molecule has 0 aliphatic carbocycles. The van der Waals surface area contributed by atoms with Gasteiger partial charge in [0.25, 0.3) is 0 Å². The third kappa shape index (κ3) is 4.90. The van der Waals surface area contributed by atoms with Crippen LogP contribution in [0.1, 0.15) is 22.3 Å². The first-order valence-corrected chi connectivity index (χ1v) is 9.14. The van der Waals surface area contributed by atoms with E-state index in [1.54, 1.807) is 0 Å². The van der Waals surface area contributed by atoms with Crippen molar-refractivity contribution in [3.05, 3.63) is 95.1 Å². The highest BCUT2D eigenvalue weighted by atomic mass is 32.2. The molecule has 0 N–H and O–H groups in total. The summed E-state index contributed by atoms with van der Waals surface area (Å²) >= 11 is 1.85. The van der Waals surface area contributed by atoms with Gasteiger partial charge in [-0.1, -0.05) is 59.7 Å². The Morgan fingerprint density at radius 1 is 0.750 bits per heavy atom. The van der Waals surface area contributed by atoms with Gasteiger partial charge in [0.1, 0.15) is 12.4 Å². The summed E-state index contributed by atoms with van der Waals surface area (Å²) in [6.45, 7) is 4.84. The molecule has 0 aliphatic heterocycles. The van der Waals surface area contributed by atoms with Crippen LogP contribution in [0, 0.1) is 13.8 Å². The Bertz CT molecular complexity index is 725. The minimum absolute atomic E-state index is 0.609. The van der Waals surface area contributed by atoms with Crippen molar-refractivity contribution in [3.8, 4) is 5.75 Å². The zero-order chi connectivity index (χ0) is 16.8. The Labute approximate surface area is 148 Å². The number of thioether (sulfide) groups is 1. The van der Waals surface area contributed by atoms with Crippen LogP contribution in [-0.2, 0) is 12.4 Å². The Morgan fingerprint density at radius 3 is 2.04 bits per heavy atom. The van der Waals surface area contributed by atoms with E-state index in [0.717, 1.165) is 11.5 Å². The molecule has 0 saturated heterocycles. The van der Waals surface area contributed by atoms with E-state index in [0.29, 0.717) is 6.61 Å². The van der Waals surface area contributed by atoms with Crippen molar-refractivity contribution < 1.29 is 4.74 Å². The molecule has 0 atom stereocenters. The summed E-state index contributed by atoms with van der Waals surface area (Å²) in [6, 6.07) is 25.5. The SMILES string of the molecule is Cc1cccc(COc2ccc(SCc3cccc(C)c3)cc2)c1. The lowest BCUT2D eigenvalue weighted by atomic mass is 10.1. The fraction of sp³-hybridized carbons (Fsp3) is 0.182. The van der Waals surface area contributed by atoms with Gasteiger partial charge in [-0.25, -0.2) is 0 Å². The number of hydrogen-bond donors (Lipinski definition) is 0. The average Bonchev–Trinajstić information content (AvgIpc) is 2.59. The number of hydrogen-bond acceptors (Lipinski definition) is 2. The molecule has 0 bridgehead atoms. The predicted octanol–water partition coefficient (Wildman–Crippen LogP) is 6.17. The van der Waals surface area contributed by atoms with E-state index in [9.17, 15) is 0 Å². The molecule has 0 amide bonds. The maximum absolute atomic E-state index is 5.87. The molecule has 0 fully saturated rings. The van der Waals surface area contributed by atoms with Crippen LogP contribution < -0.4 is 4.74 Å². The fourth-order valence-corrected chi connectivity index (χ4v) is 3.41. The second-order valence-corrected chi connectivity index (χ2v) is 7.08. The van der Waals surface area contributed by atoms with E-state index in [-0.39, 0.29) is 0 Å². The largest absolute Gasteiger partial charge is 0.489 e. The van der Waals surface area contributed by atoms with Crippen molar-refractivity contribution in [2.24, 2.45) is 0 Å². The summed E-state index contributed by atoms with van der Waals surface area (Å²) in [5, 5.41) is 0. The lowest BCUT2D eigenvalue weighted by molar-refractivity contribution is 0.306. The van der Waals surface area contributed by atoms with Crippen LogP contribution in [0.4, 0.5) is 0 Å². The van der Waals surface area contributed by atoms with Crippen molar-refractivity contribution in [2.75, 3.05) is 0 Å². The van der Waals surface area contributed by atoms with Gasteiger partial charge in [-0.2, -0.15) is 0 Å². The van der Waals surface area contributed by atoms with Gasteiger partial charge in [-0.05, 0) is 49.2 Å². The molecule has 2 heteroatoms. The lowest BCUT2D eigenvalue weighted by Crippen LogP contribution is -1.95. The van der Waals surface area contributed by atoms with Crippen LogP contribution in [0.25, 0.3) is 0 Å². The summed E-state index contributed by atoms with van der Waals surface area (Å²) < 4.78 is 5.87. The highest BCUT2D eigenvalue weighted by Gasteiger charge is 2.00. The first kappa shape index (κ1) is 16.7. The minimum atomic E-state index is 0.609. The number of aryl methyl sites for hydroxylation is 2. The molecule has 3 aromatic rings. The normalized spacial score (nSPS) is 10.6. The maximum Gasteiger partial charge on any atom is 0.119 e. The molecule has 0 aromatic heterocycles. The molecule has 0 saturated carbocycles. The maximum atomic E-state index is 5.87. The van der Waals surface area contributed by atoms with E-state index in [2.05, 4.69) is 74.5 Å². The zero-order valence-electron chi connectivity index (χ0n) is 14.2. The van der Waals surface area contributed by atoms with Gasteiger partial charge in [0.05, 0.1) is 0 Å². The summed E-state index contributed by atoms with van der Waals surface area (Å²) in [7, 11) is 0.